The van der Waals surface area contributed by atoms with E-state index in [-0.39, 0.29) is 34.4 Å². The van der Waals surface area contributed by atoms with Gasteiger partial charge in [-0.25, -0.2) is 15.0 Å². The molecule has 0 bridgehead atoms. The number of amides is 3. The van der Waals surface area contributed by atoms with Crippen LogP contribution in [0, 0.1) is 20.8 Å². The first-order valence-electron chi connectivity index (χ1n) is 27.2. The van der Waals surface area contributed by atoms with Crippen LogP contribution in [0.5, 0.6) is 0 Å². The second-order valence-electron chi connectivity index (χ2n) is 19.9. The number of carbonyl (C=O) groups excluding carboxylic acids is 3. The number of nitrogens with one attached hydrogen (secondary N) is 3. The van der Waals surface area contributed by atoms with Crippen LogP contribution in [0.25, 0.3) is 35.2 Å². The number of aromatic nitrogens is 6. The summed E-state index contributed by atoms with van der Waals surface area (Å²) in [4.78, 5) is 114. The number of aryl methyl sites for hydroxylation is 3. The smallest absolute Gasteiger partial charge is 0.300 e. The number of thiocarbonyl (C=S) groups is 3. The van der Waals surface area contributed by atoms with Gasteiger partial charge < -0.3 is 39.4 Å². The fourth-order valence-electron chi connectivity index (χ4n) is 8.35. The van der Waals surface area contributed by atoms with Crippen LogP contribution >= 0.6 is 71.9 Å². The van der Waals surface area contributed by atoms with E-state index >= 15 is 0 Å². The molecule has 9 aromatic heterocycles. The first kappa shape index (κ1) is 68.1. The highest BCUT2D eigenvalue weighted by Crippen LogP contribution is 2.35. The average Bonchev–Trinajstić information content (AvgIpc) is 1.04. The summed E-state index contributed by atoms with van der Waals surface area (Å²) in [6, 6.07) is 21.9. The number of carbonyl (C=O) groups is 5. The third kappa shape index (κ3) is 16.8. The van der Waals surface area contributed by atoms with Crippen molar-refractivity contribution < 1.29 is 47.4 Å². The molecule has 0 spiro atoms. The molecule has 0 aromatic carbocycles. The van der Waals surface area contributed by atoms with Crippen LogP contribution in [0.1, 0.15) is 64.5 Å². The molecule has 3 amide bonds. The van der Waals surface area contributed by atoms with Gasteiger partial charge in [0, 0.05) is 53.6 Å². The molecule has 12 heterocycles. The summed E-state index contributed by atoms with van der Waals surface area (Å²) in [5.74, 6) is 0.886. The van der Waals surface area contributed by atoms with E-state index in [0.29, 0.717) is 116 Å². The van der Waals surface area contributed by atoms with Gasteiger partial charge in [-0.3, -0.25) is 66.3 Å². The topological polar surface area (TPSA) is 314 Å². The standard InChI is InChI=1S/3C19H16N4O3S2.2C2H4O2/c3*1-11-5-6-15-21-16(20-9-12-4-3-7-26-12)13(17(24)23(15)10-11)8-14-18(25)22(2)19(27)28-14;2*1-2(3)4/h3*3-8,10,20H,9H2,1-2H3;2*1H3,(H,3,4)/b3*14-8-;;. The van der Waals surface area contributed by atoms with Crippen molar-refractivity contribution in [1.82, 2.24) is 42.9 Å². The summed E-state index contributed by atoms with van der Waals surface area (Å²) in [5, 5.41) is 24.3. The summed E-state index contributed by atoms with van der Waals surface area (Å²) in [7, 11) is 4.84. The Morgan fingerprint density at radius 3 is 0.924 bits per heavy atom. The molecule has 12 rings (SSSR count). The number of hydrogen-bond acceptors (Lipinski definition) is 23. The number of thioether (sulfide) groups is 3. The molecular formula is C61H56N12O13S6. The van der Waals surface area contributed by atoms with Crippen molar-refractivity contribution >= 4 is 167 Å². The molecule has 5 N–H and O–H groups in total. The molecule has 92 heavy (non-hydrogen) atoms. The number of carboxylic acids is 2. The molecule has 0 atom stereocenters. The Labute approximate surface area is 551 Å². The number of anilines is 3. The summed E-state index contributed by atoms with van der Waals surface area (Å²) >= 11 is 19.0. The highest BCUT2D eigenvalue weighted by atomic mass is 32.2. The predicted octanol–water partition coefficient (Wildman–Crippen LogP) is 9.30. The predicted molar refractivity (Wildman–Crippen MR) is 366 cm³/mol. The van der Waals surface area contributed by atoms with Crippen LogP contribution in [0.3, 0.4) is 0 Å². The Balaban J connectivity index is 0.000000167. The van der Waals surface area contributed by atoms with E-state index in [4.69, 9.17) is 69.7 Å². The maximum absolute atomic E-state index is 13.2. The summed E-state index contributed by atoms with van der Waals surface area (Å²) in [5.41, 5.74) is 4.41. The Bertz CT molecular complexity index is 4210. The zero-order valence-electron chi connectivity index (χ0n) is 50.1. The van der Waals surface area contributed by atoms with Crippen LogP contribution in [-0.2, 0) is 43.6 Å². The third-order valence-corrected chi connectivity index (χ3v) is 17.3. The Kier molecular flexibility index (Phi) is 22.5. The van der Waals surface area contributed by atoms with Crippen molar-refractivity contribution in [2.75, 3.05) is 37.1 Å². The van der Waals surface area contributed by atoms with Gasteiger partial charge in [0.15, 0.2) is 0 Å². The zero-order chi connectivity index (χ0) is 66.7. The molecule has 9 aromatic rings. The molecule has 0 radical (unpaired) electrons. The summed E-state index contributed by atoms with van der Waals surface area (Å²) in [6.45, 7) is 8.94. The lowest BCUT2D eigenvalue weighted by Crippen LogP contribution is -2.23. The number of nitrogens with zero attached hydrogens (tertiary/aromatic N) is 9. The third-order valence-electron chi connectivity index (χ3n) is 12.8. The van der Waals surface area contributed by atoms with Crippen molar-refractivity contribution in [1.29, 1.82) is 0 Å². The van der Waals surface area contributed by atoms with E-state index in [1.165, 1.54) is 63.2 Å². The monoisotopic (exact) mass is 1360 g/mol. The molecule has 31 heteroatoms. The fraction of sp³-hybridized carbons (Fsp3) is 0.180. The Morgan fingerprint density at radius 2 is 0.717 bits per heavy atom. The second-order valence-corrected chi connectivity index (χ2v) is 24.9. The van der Waals surface area contributed by atoms with Crippen LogP contribution in [0.4, 0.5) is 17.5 Å². The highest BCUT2D eigenvalue weighted by Gasteiger charge is 2.32. The number of likely N-dealkylation sites (N-methyl/N-ethyl adjacent to an activating group) is 3. The molecule has 3 fully saturated rings. The van der Waals surface area contributed by atoms with E-state index in [9.17, 15) is 28.8 Å². The van der Waals surface area contributed by atoms with Crippen LogP contribution < -0.4 is 32.6 Å². The van der Waals surface area contributed by atoms with Crippen LogP contribution in [0.2, 0.25) is 0 Å². The minimum atomic E-state index is -0.833. The second kappa shape index (κ2) is 30.3. The lowest BCUT2D eigenvalue weighted by Gasteiger charge is -2.11. The average molecular weight is 1360 g/mol. The van der Waals surface area contributed by atoms with E-state index in [1.807, 2.05) is 57.2 Å². The first-order valence-corrected chi connectivity index (χ1v) is 30.9. The van der Waals surface area contributed by atoms with Crippen molar-refractivity contribution in [3.8, 4) is 0 Å². The van der Waals surface area contributed by atoms with Crippen molar-refractivity contribution in [3.05, 3.63) is 207 Å². The normalized spacial score (nSPS) is 15.0. The molecular weight excluding hydrogens is 1300 g/mol. The van der Waals surface area contributed by atoms with Gasteiger partial charge >= 0.3 is 0 Å². The number of fused-ring (bicyclic) bond motifs is 3. The maximum atomic E-state index is 13.2. The highest BCUT2D eigenvalue weighted by molar-refractivity contribution is 8.27. The van der Waals surface area contributed by atoms with Crippen molar-refractivity contribution in [2.24, 2.45) is 0 Å². The molecule has 474 valence electrons. The van der Waals surface area contributed by atoms with Gasteiger partial charge in [-0.2, -0.15) is 0 Å². The largest absolute Gasteiger partial charge is 0.481 e. The first-order chi connectivity index (χ1) is 43.8. The number of aliphatic carboxylic acids is 2. The number of furan rings is 3. The lowest BCUT2D eigenvalue weighted by atomic mass is 10.2. The molecule has 3 saturated heterocycles. The van der Waals surface area contributed by atoms with E-state index < -0.39 is 11.9 Å². The molecule has 3 aliphatic rings. The molecule has 0 aliphatic carbocycles. The molecule has 3 aliphatic heterocycles. The SMILES string of the molecule is CC(=O)O.CC(=O)O.Cc1ccc2nc(NCc3ccco3)c(/C=C3\SC(=S)N(C)C3=O)c(=O)n2c1.Cc1ccc2nc(NCc3ccco3)c(/C=C3\SC(=S)N(C)C3=O)c(=O)n2c1.Cc1ccc2nc(NCc3ccco3)c(/C=C3\SC(=S)N(C)C3=O)c(=O)n2c1. The van der Waals surface area contributed by atoms with Gasteiger partial charge in [-0.1, -0.05) is 90.1 Å². The van der Waals surface area contributed by atoms with Gasteiger partial charge in [0.1, 0.15) is 64.6 Å². The van der Waals surface area contributed by atoms with Gasteiger partial charge in [0.05, 0.1) is 69.8 Å². The fourth-order valence-corrected chi connectivity index (χ4v) is 11.8. The van der Waals surface area contributed by atoms with Gasteiger partial charge in [-0.05, 0) is 110 Å². The molecule has 25 nitrogen and oxygen atoms in total. The van der Waals surface area contributed by atoms with Crippen molar-refractivity contribution in [2.45, 2.75) is 54.3 Å². The number of carboxylic acid groups (broad SMARTS) is 2. The number of rotatable bonds is 12. The Morgan fingerprint density at radius 1 is 0.467 bits per heavy atom. The molecule has 0 unspecified atom stereocenters. The lowest BCUT2D eigenvalue weighted by molar-refractivity contribution is -0.135. The quantitative estimate of drug-likeness (QED) is 0.0562. The van der Waals surface area contributed by atoms with E-state index in [1.54, 1.807) is 113 Å². The number of hydrogen-bond donors (Lipinski definition) is 5. The van der Waals surface area contributed by atoms with Gasteiger partial charge in [0.2, 0.25) is 0 Å². The summed E-state index contributed by atoms with van der Waals surface area (Å²) < 4.78 is 21.8. The van der Waals surface area contributed by atoms with Crippen LogP contribution in [-0.4, -0.2) is 117 Å². The zero-order valence-corrected chi connectivity index (χ0v) is 55.0. The van der Waals surface area contributed by atoms with E-state index in [0.717, 1.165) is 30.5 Å². The van der Waals surface area contributed by atoms with Gasteiger partial charge in [-0.15, -0.1) is 0 Å². The van der Waals surface area contributed by atoms with Crippen LogP contribution in [0.15, 0.2) is 153 Å². The van der Waals surface area contributed by atoms with Gasteiger partial charge in [0.25, 0.3) is 46.3 Å². The minimum absolute atomic E-state index is 0.235. The number of pyridine rings is 3. The molecule has 0 saturated carbocycles. The Hall–Kier alpha value is -9.79. The summed E-state index contributed by atoms with van der Waals surface area (Å²) in [6.07, 6.45) is 14.6. The maximum Gasteiger partial charge on any atom is 0.300 e. The van der Waals surface area contributed by atoms with Crippen molar-refractivity contribution in [3.63, 3.8) is 0 Å². The van der Waals surface area contributed by atoms with E-state index in [2.05, 4.69) is 30.9 Å². The minimum Gasteiger partial charge on any atom is -0.481 e.